The van der Waals surface area contributed by atoms with Crippen LogP contribution in [0.25, 0.3) is 0 Å². The highest BCUT2D eigenvalue weighted by molar-refractivity contribution is 9.10. The van der Waals surface area contributed by atoms with Crippen LogP contribution in [0.5, 0.6) is 5.75 Å². The molecule has 5 nitrogen and oxygen atoms in total. The average Bonchev–Trinajstić information content (AvgIpc) is 2.76. The van der Waals surface area contributed by atoms with Gasteiger partial charge in [-0.25, -0.2) is 5.43 Å². The monoisotopic (exact) mass is 344 g/mol. The normalized spacial score (nSPS) is 12.5. The fourth-order valence-electron chi connectivity index (χ4n) is 1.97. The van der Waals surface area contributed by atoms with E-state index in [4.69, 9.17) is 22.2 Å². The number of methoxy groups -OCH3 is 1. The van der Waals surface area contributed by atoms with E-state index >= 15 is 0 Å². The lowest BCUT2D eigenvalue weighted by molar-refractivity contribution is 0.401. The van der Waals surface area contributed by atoms with Crippen molar-refractivity contribution >= 4 is 27.5 Å². The van der Waals surface area contributed by atoms with E-state index in [9.17, 15) is 0 Å². The molecule has 0 aliphatic carbocycles. The molecule has 1 aromatic heterocycles. The second kappa shape index (κ2) is 5.92. The van der Waals surface area contributed by atoms with Gasteiger partial charge in [-0.3, -0.25) is 10.5 Å². The first-order valence-corrected chi connectivity index (χ1v) is 6.72. The van der Waals surface area contributed by atoms with Crippen molar-refractivity contribution in [3.05, 3.63) is 45.1 Å². The molecule has 2 aromatic rings. The minimum absolute atomic E-state index is 0.282. The summed E-state index contributed by atoms with van der Waals surface area (Å²) in [6, 6.07) is 5.26. The van der Waals surface area contributed by atoms with Crippen LogP contribution in [0.4, 0.5) is 0 Å². The maximum absolute atomic E-state index is 6.05. The molecule has 0 saturated heterocycles. The van der Waals surface area contributed by atoms with Crippen molar-refractivity contribution < 1.29 is 4.74 Å². The van der Waals surface area contributed by atoms with E-state index in [2.05, 4.69) is 26.5 Å². The minimum Gasteiger partial charge on any atom is -0.493 e. The van der Waals surface area contributed by atoms with Crippen molar-refractivity contribution in [1.29, 1.82) is 0 Å². The van der Waals surface area contributed by atoms with E-state index in [1.165, 1.54) is 0 Å². The number of aryl methyl sites for hydroxylation is 1. The standard InChI is InChI=1S/C12H14BrClN4O/c1-18-12(10(19-2)6-16-18)11(17-15)8-5-7(14)3-4-9(8)13/h3-6,11,17H,15H2,1-2H3. The van der Waals surface area contributed by atoms with Crippen molar-refractivity contribution in [2.45, 2.75) is 6.04 Å². The van der Waals surface area contributed by atoms with E-state index in [0.717, 1.165) is 15.7 Å². The van der Waals surface area contributed by atoms with Gasteiger partial charge in [-0.1, -0.05) is 27.5 Å². The molecule has 7 heteroatoms. The number of benzene rings is 1. The van der Waals surface area contributed by atoms with Crippen LogP contribution in [-0.4, -0.2) is 16.9 Å². The largest absolute Gasteiger partial charge is 0.493 e. The first kappa shape index (κ1) is 14.3. The number of hydrazine groups is 1. The van der Waals surface area contributed by atoms with Crippen molar-refractivity contribution in [1.82, 2.24) is 15.2 Å². The lowest BCUT2D eigenvalue weighted by Gasteiger charge is -2.19. The van der Waals surface area contributed by atoms with Gasteiger partial charge in [-0.05, 0) is 23.8 Å². The van der Waals surface area contributed by atoms with Crippen LogP contribution in [0.15, 0.2) is 28.9 Å². The molecule has 1 unspecified atom stereocenters. The zero-order valence-electron chi connectivity index (χ0n) is 10.5. The summed E-state index contributed by atoms with van der Waals surface area (Å²) in [5.41, 5.74) is 4.52. The average molecular weight is 346 g/mol. The third-order valence-corrected chi connectivity index (χ3v) is 3.84. The molecule has 0 aliphatic rings. The first-order chi connectivity index (χ1) is 9.08. The number of aromatic nitrogens is 2. The number of nitrogens with two attached hydrogens (primary N) is 1. The molecule has 1 aromatic carbocycles. The summed E-state index contributed by atoms with van der Waals surface area (Å²) in [5.74, 6) is 6.36. The molecule has 0 aliphatic heterocycles. The number of nitrogens with one attached hydrogen (secondary N) is 1. The number of rotatable bonds is 4. The highest BCUT2D eigenvalue weighted by atomic mass is 79.9. The number of hydrogen-bond acceptors (Lipinski definition) is 4. The number of halogens is 2. The Morgan fingerprint density at radius 3 is 2.89 bits per heavy atom. The molecule has 1 atom stereocenters. The third-order valence-electron chi connectivity index (χ3n) is 2.88. The highest BCUT2D eigenvalue weighted by Crippen LogP contribution is 2.34. The first-order valence-electron chi connectivity index (χ1n) is 5.55. The number of hydrogen-bond donors (Lipinski definition) is 2. The van der Waals surface area contributed by atoms with Crippen LogP contribution in [-0.2, 0) is 7.05 Å². The maximum atomic E-state index is 6.05. The lowest BCUT2D eigenvalue weighted by atomic mass is 10.0. The van der Waals surface area contributed by atoms with Gasteiger partial charge in [-0.2, -0.15) is 5.10 Å². The summed E-state index contributed by atoms with van der Waals surface area (Å²) >= 11 is 9.55. The molecule has 0 radical (unpaired) electrons. The molecule has 0 fully saturated rings. The van der Waals surface area contributed by atoms with Crippen LogP contribution in [0, 0.1) is 0 Å². The van der Waals surface area contributed by atoms with Gasteiger partial charge in [0, 0.05) is 16.5 Å². The summed E-state index contributed by atoms with van der Waals surface area (Å²) < 4.78 is 7.94. The van der Waals surface area contributed by atoms with Crippen molar-refractivity contribution in [2.24, 2.45) is 12.9 Å². The molecule has 1 heterocycles. The van der Waals surface area contributed by atoms with Crippen LogP contribution >= 0.6 is 27.5 Å². The predicted molar refractivity (Wildman–Crippen MR) is 78.1 cm³/mol. The topological polar surface area (TPSA) is 65.1 Å². The number of ether oxygens (including phenoxy) is 1. The zero-order valence-corrected chi connectivity index (χ0v) is 12.9. The quantitative estimate of drug-likeness (QED) is 0.660. The highest BCUT2D eigenvalue weighted by Gasteiger charge is 2.23. The Hall–Kier alpha value is -1.08. The Bertz CT molecular complexity index is 587. The third kappa shape index (κ3) is 2.76. The Labute approximate surface area is 124 Å². The molecule has 3 N–H and O–H groups in total. The van der Waals surface area contributed by atoms with Gasteiger partial charge in [-0.15, -0.1) is 0 Å². The Morgan fingerprint density at radius 2 is 2.26 bits per heavy atom. The molecular weight excluding hydrogens is 332 g/mol. The summed E-state index contributed by atoms with van der Waals surface area (Å²) in [6.45, 7) is 0. The van der Waals surface area contributed by atoms with E-state index < -0.39 is 0 Å². The maximum Gasteiger partial charge on any atom is 0.161 e. The van der Waals surface area contributed by atoms with Gasteiger partial charge in [0.15, 0.2) is 5.75 Å². The summed E-state index contributed by atoms with van der Waals surface area (Å²) in [4.78, 5) is 0. The van der Waals surface area contributed by atoms with Crippen LogP contribution in [0.1, 0.15) is 17.3 Å². The van der Waals surface area contributed by atoms with Gasteiger partial charge in [0.1, 0.15) is 5.69 Å². The fourth-order valence-corrected chi connectivity index (χ4v) is 2.62. The predicted octanol–water partition coefficient (Wildman–Crippen LogP) is 2.40. The smallest absolute Gasteiger partial charge is 0.161 e. The van der Waals surface area contributed by atoms with Crippen LogP contribution in [0.3, 0.4) is 0 Å². The second-order valence-electron chi connectivity index (χ2n) is 3.99. The van der Waals surface area contributed by atoms with Crippen molar-refractivity contribution in [2.75, 3.05) is 7.11 Å². The number of nitrogens with zero attached hydrogens (tertiary/aromatic N) is 2. The van der Waals surface area contributed by atoms with E-state index in [-0.39, 0.29) is 6.04 Å². The van der Waals surface area contributed by atoms with Crippen molar-refractivity contribution in [3.8, 4) is 5.75 Å². The molecule has 19 heavy (non-hydrogen) atoms. The van der Waals surface area contributed by atoms with Gasteiger partial charge < -0.3 is 4.74 Å². The van der Waals surface area contributed by atoms with Crippen LogP contribution in [0.2, 0.25) is 5.02 Å². The lowest BCUT2D eigenvalue weighted by Crippen LogP contribution is -2.31. The van der Waals surface area contributed by atoms with Gasteiger partial charge in [0.25, 0.3) is 0 Å². The van der Waals surface area contributed by atoms with Crippen LogP contribution < -0.4 is 16.0 Å². The SMILES string of the molecule is COc1cnn(C)c1C(NN)c1cc(Cl)ccc1Br. The summed E-state index contributed by atoms with van der Waals surface area (Å²) in [5, 5.41) is 4.82. The Morgan fingerprint density at radius 1 is 1.53 bits per heavy atom. The van der Waals surface area contributed by atoms with Gasteiger partial charge >= 0.3 is 0 Å². The molecule has 0 bridgehead atoms. The fraction of sp³-hybridized carbons (Fsp3) is 0.250. The second-order valence-corrected chi connectivity index (χ2v) is 5.28. The molecular formula is C12H14BrClN4O. The zero-order chi connectivity index (χ0) is 14.0. The van der Waals surface area contributed by atoms with E-state index in [1.807, 2.05) is 25.2 Å². The molecule has 0 amide bonds. The summed E-state index contributed by atoms with van der Waals surface area (Å²) in [6.07, 6.45) is 1.65. The van der Waals surface area contributed by atoms with Crippen molar-refractivity contribution in [3.63, 3.8) is 0 Å². The minimum atomic E-state index is -0.282. The summed E-state index contributed by atoms with van der Waals surface area (Å²) in [7, 11) is 3.43. The van der Waals surface area contributed by atoms with Gasteiger partial charge in [0.05, 0.1) is 19.3 Å². The molecule has 2 rings (SSSR count). The van der Waals surface area contributed by atoms with Gasteiger partial charge in [0.2, 0.25) is 0 Å². The molecule has 102 valence electrons. The van der Waals surface area contributed by atoms with E-state index in [0.29, 0.717) is 10.8 Å². The Kier molecular flexibility index (Phi) is 4.46. The molecule has 0 saturated carbocycles. The van der Waals surface area contributed by atoms with E-state index in [1.54, 1.807) is 18.0 Å². The molecule has 0 spiro atoms. The Balaban J connectivity index is 2.56.